The highest BCUT2D eigenvalue weighted by Gasteiger charge is 2.38. The zero-order valence-electron chi connectivity index (χ0n) is 15.1. The molecule has 1 aromatic carbocycles. The van der Waals surface area contributed by atoms with Crippen LogP contribution in [0.15, 0.2) is 54.9 Å². The van der Waals surface area contributed by atoms with Crippen molar-refractivity contribution >= 4 is 11.7 Å². The summed E-state index contributed by atoms with van der Waals surface area (Å²) >= 11 is 0. The molecule has 1 fully saturated rings. The van der Waals surface area contributed by atoms with Crippen LogP contribution in [-0.4, -0.2) is 28.1 Å². The predicted molar refractivity (Wildman–Crippen MR) is 101 cm³/mol. The maximum Gasteiger partial charge on any atom is 0.410 e. The number of ether oxygens (including phenoxy) is 1. The number of aryl methyl sites for hydroxylation is 1. The summed E-state index contributed by atoms with van der Waals surface area (Å²) in [6.07, 6.45) is 9.93. The molecule has 0 saturated carbocycles. The summed E-state index contributed by atoms with van der Waals surface area (Å²) in [5, 5.41) is 0. The van der Waals surface area contributed by atoms with Crippen LogP contribution in [-0.2, 0) is 11.3 Å². The molecular weight excluding hydrogens is 324 g/mol. The number of pyridine rings is 1. The summed E-state index contributed by atoms with van der Waals surface area (Å²) in [6, 6.07) is 12.4. The summed E-state index contributed by atoms with van der Waals surface area (Å²) in [6.45, 7) is 2.39. The molecule has 4 rings (SSSR count). The van der Waals surface area contributed by atoms with Gasteiger partial charge >= 0.3 is 6.09 Å². The van der Waals surface area contributed by atoms with Crippen molar-refractivity contribution in [3.8, 4) is 0 Å². The van der Waals surface area contributed by atoms with Gasteiger partial charge in [-0.05, 0) is 60.9 Å². The highest BCUT2D eigenvalue weighted by Crippen LogP contribution is 2.37. The minimum absolute atomic E-state index is 0.126. The van der Waals surface area contributed by atoms with E-state index < -0.39 is 0 Å². The van der Waals surface area contributed by atoms with Gasteiger partial charge in [-0.3, -0.25) is 9.88 Å². The molecule has 1 aromatic heterocycles. The minimum Gasteiger partial charge on any atom is -0.445 e. The molecule has 0 radical (unpaired) electrons. The summed E-state index contributed by atoms with van der Waals surface area (Å²) in [4.78, 5) is 19.0. The van der Waals surface area contributed by atoms with Crippen molar-refractivity contribution in [3.05, 3.63) is 71.6 Å². The molecule has 134 valence electrons. The molecule has 2 unspecified atom stereocenters. The van der Waals surface area contributed by atoms with Gasteiger partial charge in [-0.25, -0.2) is 4.79 Å². The van der Waals surface area contributed by atoms with Crippen LogP contribution in [0.25, 0.3) is 5.57 Å². The van der Waals surface area contributed by atoms with Gasteiger partial charge < -0.3 is 4.74 Å². The predicted octanol–water partition coefficient (Wildman–Crippen LogP) is 4.74. The Labute approximate surface area is 154 Å². The van der Waals surface area contributed by atoms with Crippen molar-refractivity contribution in [1.82, 2.24) is 9.88 Å². The van der Waals surface area contributed by atoms with Crippen molar-refractivity contribution in [2.45, 2.75) is 51.3 Å². The molecule has 3 heterocycles. The number of amides is 1. The van der Waals surface area contributed by atoms with Crippen molar-refractivity contribution in [1.29, 1.82) is 0 Å². The molecule has 2 bridgehead atoms. The maximum atomic E-state index is 12.7. The van der Waals surface area contributed by atoms with Crippen molar-refractivity contribution in [3.63, 3.8) is 0 Å². The van der Waals surface area contributed by atoms with Gasteiger partial charge in [0.1, 0.15) is 6.61 Å². The molecule has 0 N–H and O–H groups in total. The highest BCUT2D eigenvalue weighted by molar-refractivity contribution is 5.74. The van der Waals surface area contributed by atoms with Crippen LogP contribution >= 0.6 is 0 Å². The highest BCUT2D eigenvalue weighted by atomic mass is 16.6. The van der Waals surface area contributed by atoms with Crippen LogP contribution in [0.1, 0.15) is 42.4 Å². The third-order valence-corrected chi connectivity index (χ3v) is 5.30. The maximum absolute atomic E-state index is 12.7. The van der Waals surface area contributed by atoms with E-state index in [4.69, 9.17) is 4.74 Å². The van der Waals surface area contributed by atoms with Gasteiger partial charge in [0, 0.05) is 18.4 Å². The second kappa shape index (κ2) is 7.32. The fourth-order valence-corrected chi connectivity index (χ4v) is 4.05. The van der Waals surface area contributed by atoms with Crippen LogP contribution < -0.4 is 0 Å². The quantitative estimate of drug-likeness (QED) is 0.805. The summed E-state index contributed by atoms with van der Waals surface area (Å²) in [7, 11) is 0. The molecule has 0 spiro atoms. The third kappa shape index (κ3) is 3.50. The third-order valence-electron chi connectivity index (χ3n) is 5.30. The number of hydrogen-bond acceptors (Lipinski definition) is 3. The number of benzene rings is 1. The average molecular weight is 348 g/mol. The van der Waals surface area contributed by atoms with Crippen molar-refractivity contribution < 1.29 is 9.53 Å². The Balaban J connectivity index is 1.50. The Morgan fingerprint density at radius 2 is 2.08 bits per heavy atom. The summed E-state index contributed by atoms with van der Waals surface area (Å²) < 4.78 is 5.61. The van der Waals surface area contributed by atoms with Crippen LogP contribution in [0.2, 0.25) is 0 Å². The lowest BCUT2D eigenvalue weighted by Gasteiger charge is -2.44. The number of piperidine rings is 1. The van der Waals surface area contributed by atoms with Crippen molar-refractivity contribution in [2.75, 3.05) is 0 Å². The zero-order chi connectivity index (χ0) is 17.9. The van der Waals surface area contributed by atoms with Gasteiger partial charge in [0.25, 0.3) is 0 Å². The van der Waals surface area contributed by atoms with Gasteiger partial charge in [-0.2, -0.15) is 0 Å². The zero-order valence-corrected chi connectivity index (χ0v) is 15.1. The van der Waals surface area contributed by atoms with Crippen molar-refractivity contribution in [2.24, 2.45) is 0 Å². The number of rotatable bonds is 3. The summed E-state index contributed by atoms with van der Waals surface area (Å²) in [5.74, 6) is 0. The number of hydrogen-bond donors (Lipinski definition) is 0. The van der Waals surface area contributed by atoms with E-state index in [1.54, 1.807) is 0 Å². The Kier molecular flexibility index (Phi) is 4.74. The first-order chi connectivity index (χ1) is 12.7. The van der Waals surface area contributed by atoms with E-state index in [1.807, 2.05) is 47.6 Å². The van der Waals surface area contributed by atoms with Gasteiger partial charge in [0.05, 0.1) is 6.04 Å². The topological polar surface area (TPSA) is 42.4 Å². The second-order valence-corrected chi connectivity index (χ2v) is 7.25. The van der Waals surface area contributed by atoms with Crippen LogP contribution in [0.4, 0.5) is 4.79 Å². The lowest BCUT2D eigenvalue weighted by atomic mass is 9.83. The van der Waals surface area contributed by atoms with Crippen LogP contribution in [0.3, 0.4) is 0 Å². The average Bonchev–Trinajstić information content (AvgIpc) is 2.66. The Morgan fingerprint density at radius 1 is 1.23 bits per heavy atom. The van der Waals surface area contributed by atoms with Gasteiger partial charge in [0.15, 0.2) is 0 Å². The lowest BCUT2D eigenvalue weighted by Crippen LogP contribution is -2.51. The molecule has 1 amide bonds. The number of aromatic nitrogens is 1. The molecule has 4 heteroatoms. The second-order valence-electron chi connectivity index (χ2n) is 7.25. The largest absolute Gasteiger partial charge is 0.445 e. The SMILES string of the molecule is Cc1cncc(C2=CC3CCCC(C2)N3C(=O)OCc2ccccc2)c1. The lowest BCUT2D eigenvalue weighted by molar-refractivity contribution is 0.0510. The fourth-order valence-electron chi connectivity index (χ4n) is 4.05. The molecule has 26 heavy (non-hydrogen) atoms. The van der Waals surface area contributed by atoms with Gasteiger partial charge in [-0.15, -0.1) is 0 Å². The number of carbonyl (C=O) groups is 1. The van der Waals surface area contributed by atoms with E-state index in [1.165, 1.54) is 16.7 Å². The van der Waals surface area contributed by atoms with E-state index >= 15 is 0 Å². The molecule has 4 nitrogen and oxygen atoms in total. The fraction of sp³-hybridized carbons (Fsp3) is 0.364. The first-order valence-corrected chi connectivity index (χ1v) is 9.32. The van der Waals surface area contributed by atoms with E-state index in [0.29, 0.717) is 6.61 Å². The molecule has 2 aliphatic heterocycles. The Hall–Kier alpha value is -2.62. The molecule has 1 saturated heterocycles. The molecule has 2 aromatic rings. The van der Waals surface area contributed by atoms with Crippen LogP contribution in [0, 0.1) is 6.92 Å². The normalized spacial score (nSPS) is 21.9. The number of carbonyl (C=O) groups excluding carboxylic acids is 1. The monoisotopic (exact) mass is 348 g/mol. The minimum atomic E-state index is -0.193. The van der Waals surface area contributed by atoms with E-state index in [0.717, 1.165) is 31.2 Å². The Morgan fingerprint density at radius 3 is 2.85 bits per heavy atom. The Bertz CT molecular complexity index is 816. The molecule has 0 aliphatic carbocycles. The van der Waals surface area contributed by atoms with Gasteiger partial charge in [-0.1, -0.05) is 36.4 Å². The first-order valence-electron chi connectivity index (χ1n) is 9.32. The first kappa shape index (κ1) is 16.8. The molecule has 2 atom stereocenters. The smallest absolute Gasteiger partial charge is 0.410 e. The van der Waals surface area contributed by atoms with Gasteiger partial charge in [0.2, 0.25) is 0 Å². The van der Waals surface area contributed by atoms with E-state index in [9.17, 15) is 4.79 Å². The number of nitrogens with zero attached hydrogens (tertiary/aromatic N) is 2. The summed E-state index contributed by atoms with van der Waals surface area (Å²) in [5.41, 5.74) is 4.67. The standard InChI is InChI=1S/C22H24N2O2/c1-16-10-19(14-23-13-16)18-11-20-8-5-9-21(12-18)24(20)22(25)26-15-17-6-3-2-4-7-17/h2-4,6-7,10-11,13-14,20-21H,5,8-9,12,15H2,1H3. The number of fused-ring (bicyclic) bond motifs is 2. The molecule has 2 aliphatic rings. The van der Waals surface area contributed by atoms with Crippen LogP contribution in [0.5, 0.6) is 0 Å². The van der Waals surface area contributed by atoms with E-state index in [2.05, 4.69) is 24.1 Å². The van der Waals surface area contributed by atoms with E-state index in [-0.39, 0.29) is 18.2 Å². The molecular formula is C22H24N2O2.